The minimum Gasteiger partial charge on any atom is -0.493 e. The van der Waals surface area contributed by atoms with Crippen molar-refractivity contribution in [2.24, 2.45) is 0 Å². The maximum Gasteiger partial charge on any atom is 0.291 e. The monoisotopic (exact) mass is 541 g/mol. The van der Waals surface area contributed by atoms with E-state index in [1.165, 1.54) is 0 Å². The maximum absolute atomic E-state index is 13.9. The molecule has 0 bridgehead atoms. The highest BCUT2D eigenvalue weighted by molar-refractivity contribution is 6.32. The molecule has 0 saturated heterocycles. The smallest absolute Gasteiger partial charge is 0.291 e. The third-order valence-corrected chi connectivity index (χ3v) is 7.30. The third kappa shape index (κ3) is 4.45. The lowest BCUT2D eigenvalue weighted by Crippen LogP contribution is -2.29. The van der Waals surface area contributed by atoms with Crippen molar-refractivity contribution in [1.29, 1.82) is 0 Å². The zero-order valence-electron chi connectivity index (χ0n) is 21.3. The molecule has 196 valence electrons. The number of fused-ring (bicyclic) bond motifs is 2. The molecular weight excluding hydrogens is 518 g/mol. The minimum atomic E-state index is -0.740. The summed E-state index contributed by atoms with van der Waals surface area (Å²) < 4.78 is 23.3. The van der Waals surface area contributed by atoms with E-state index < -0.39 is 11.9 Å². The Bertz CT molecular complexity index is 1740. The van der Waals surface area contributed by atoms with Gasteiger partial charge in [-0.2, -0.15) is 0 Å². The molecule has 0 spiro atoms. The van der Waals surface area contributed by atoms with Gasteiger partial charge in [0.2, 0.25) is 5.76 Å². The number of hydrogen-bond acceptors (Lipinski definition) is 6. The number of benzene rings is 3. The Hall–Kier alpha value is -4.49. The zero-order valence-corrected chi connectivity index (χ0v) is 22.0. The number of hydrogen-bond donors (Lipinski definition) is 0. The predicted octanol–water partition coefficient (Wildman–Crippen LogP) is 6.68. The molecule has 0 N–H and O–H groups in total. The molecule has 1 aliphatic heterocycles. The van der Waals surface area contributed by atoms with E-state index in [1.54, 1.807) is 54.7 Å². The van der Waals surface area contributed by atoms with Gasteiger partial charge >= 0.3 is 0 Å². The van der Waals surface area contributed by atoms with Crippen LogP contribution in [0, 0.1) is 6.92 Å². The highest BCUT2D eigenvalue weighted by atomic mass is 35.5. The lowest BCUT2D eigenvalue weighted by atomic mass is 9.97. The van der Waals surface area contributed by atoms with Crippen molar-refractivity contribution in [3.8, 4) is 11.5 Å². The van der Waals surface area contributed by atoms with Crippen molar-refractivity contribution in [2.45, 2.75) is 26.1 Å². The minimum absolute atomic E-state index is 0.00847. The van der Waals surface area contributed by atoms with Crippen molar-refractivity contribution >= 4 is 28.5 Å². The number of rotatable bonds is 7. The van der Waals surface area contributed by atoms with Gasteiger partial charge in [-0.1, -0.05) is 48.0 Å². The van der Waals surface area contributed by atoms with Crippen LogP contribution in [0.3, 0.4) is 0 Å². The molecule has 0 fully saturated rings. The summed E-state index contributed by atoms with van der Waals surface area (Å²) in [6, 6.07) is 21.3. The molecule has 1 aliphatic rings. The maximum atomic E-state index is 13.9. The highest BCUT2D eigenvalue weighted by Gasteiger charge is 2.43. The summed E-state index contributed by atoms with van der Waals surface area (Å²) in [5.41, 5.74) is 2.69. The average molecular weight is 542 g/mol. The van der Waals surface area contributed by atoms with Crippen LogP contribution >= 0.6 is 11.6 Å². The number of halogens is 1. The molecule has 3 aromatic carbocycles. The Balaban J connectivity index is 1.46. The summed E-state index contributed by atoms with van der Waals surface area (Å²) >= 11 is 6.35. The summed E-state index contributed by atoms with van der Waals surface area (Å²) in [6.07, 6.45) is 1.54. The molecule has 8 heteroatoms. The number of nitrogens with zero attached hydrogens (tertiary/aromatic N) is 1. The summed E-state index contributed by atoms with van der Waals surface area (Å²) in [5, 5.41) is 0.765. The van der Waals surface area contributed by atoms with Crippen molar-refractivity contribution in [1.82, 2.24) is 4.90 Å². The third-order valence-electron chi connectivity index (χ3n) is 6.89. The van der Waals surface area contributed by atoms with E-state index in [-0.39, 0.29) is 23.3 Å². The van der Waals surface area contributed by atoms with E-state index in [0.29, 0.717) is 45.4 Å². The Morgan fingerprint density at radius 3 is 2.54 bits per heavy atom. The Morgan fingerprint density at radius 1 is 0.974 bits per heavy atom. The van der Waals surface area contributed by atoms with Crippen molar-refractivity contribution < 1.29 is 23.1 Å². The van der Waals surface area contributed by atoms with E-state index in [1.807, 2.05) is 43.3 Å². The van der Waals surface area contributed by atoms with Crippen molar-refractivity contribution in [3.05, 3.63) is 128 Å². The molecule has 3 heterocycles. The SMILES string of the molecule is COc1cc(C2c3c(oc4cc(C)c(Cl)cc4c3=O)C(=O)N2Cc2ccco2)ccc1OCc1ccccc1. The van der Waals surface area contributed by atoms with Gasteiger partial charge in [-0.15, -0.1) is 0 Å². The van der Waals surface area contributed by atoms with Crippen LogP contribution in [0.1, 0.15) is 44.6 Å². The van der Waals surface area contributed by atoms with Crippen LogP contribution in [0.15, 0.2) is 92.7 Å². The molecule has 39 heavy (non-hydrogen) atoms. The number of carbonyl (C=O) groups excluding carboxylic acids is 1. The highest BCUT2D eigenvalue weighted by Crippen LogP contribution is 2.42. The quantitative estimate of drug-likeness (QED) is 0.228. The van der Waals surface area contributed by atoms with Crippen LogP contribution < -0.4 is 14.9 Å². The summed E-state index contributed by atoms with van der Waals surface area (Å²) in [5.74, 6) is 1.20. The van der Waals surface area contributed by atoms with Gasteiger partial charge in [0, 0.05) is 5.02 Å². The van der Waals surface area contributed by atoms with Gasteiger partial charge in [-0.3, -0.25) is 9.59 Å². The van der Waals surface area contributed by atoms with Crippen LogP contribution in [0.25, 0.3) is 11.0 Å². The van der Waals surface area contributed by atoms with Gasteiger partial charge in [0.25, 0.3) is 5.91 Å². The van der Waals surface area contributed by atoms with Crippen LogP contribution in [0.2, 0.25) is 5.02 Å². The van der Waals surface area contributed by atoms with Crippen molar-refractivity contribution in [2.75, 3.05) is 7.11 Å². The molecule has 1 unspecified atom stereocenters. The van der Waals surface area contributed by atoms with Gasteiger partial charge in [0.05, 0.1) is 36.9 Å². The first-order chi connectivity index (χ1) is 18.9. The predicted molar refractivity (Wildman–Crippen MR) is 146 cm³/mol. The Labute approximate surface area is 229 Å². The summed E-state index contributed by atoms with van der Waals surface area (Å²) in [4.78, 5) is 29.1. The molecule has 1 amide bonds. The molecule has 5 aromatic rings. The molecule has 0 aliphatic carbocycles. The first-order valence-corrected chi connectivity index (χ1v) is 12.8. The first-order valence-electron chi connectivity index (χ1n) is 12.4. The second kappa shape index (κ2) is 10.0. The molecule has 7 nitrogen and oxygen atoms in total. The lowest BCUT2D eigenvalue weighted by molar-refractivity contribution is 0.0701. The van der Waals surface area contributed by atoms with Gasteiger partial charge < -0.3 is 23.2 Å². The van der Waals surface area contributed by atoms with E-state index in [0.717, 1.165) is 11.1 Å². The number of amides is 1. The average Bonchev–Trinajstić information content (AvgIpc) is 3.56. The molecule has 6 rings (SSSR count). The second-order valence-corrected chi connectivity index (χ2v) is 9.78. The number of furan rings is 1. The zero-order chi connectivity index (χ0) is 27.1. The molecule has 0 saturated carbocycles. The molecule has 1 atom stereocenters. The molecule has 2 aromatic heterocycles. The fourth-order valence-electron chi connectivity index (χ4n) is 4.93. The van der Waals surface area contributed by atoms with E-state index >= 15 is 0 Å². The lowest BCUT2D eigenvalue weighted by Gasteiger charge is -2.25. The number of aryl methyl sites for hydroxylation is 1. The van der Waals surface area contributed by atoms with Crippen LogP contribution in [0.5, 0.6) is 11.5 Å². The number of methoxy groups -OCH3 is 1. The molecule has 0 radical (unpaired) electrons. The van der Waals surface area contributed by atoms with Gasteiger partial charge in [-0.05, 0) is 60.0 Å². The fourth-order valence-corrected chi connectivity index (χ4v) is 5.09. The van der Waals surface area contributed by atoms with Gasteiger partial charge in [0.1, 0.15) is 18.0 Å². The number of ether oxygens (including phenoxy) is 2. The van der Waals surface area contributed by atoms with Gasteiger partial charge in [-0.25, -0.2) is 0 Å². The second-order valence-electron chi connectivity index (χ2n) is 9.37. The van der Waals surface area contributed by atoms with E-state index in [9.17, 15) is 9.59 Å². The standard InChI is InChI=1S/C31H24ClNO6/c1-18-13-25-22(15-23(18)32)29(34)27-28(33(31(35)30(27)39-25)16-21-9-6-12-37-21)20-10-11-24(26(14-20)36-2)38-17-19-7-4-3-5-8-19/h3-15,28H,16-17H2,1-2H3. The summed E-state index contributed by atoms with van der Waals surface area (Å²) in [6.45, 7) is 2.32. The fraction of sp³-hybridized carbons (Fsp3) is 0.161. The largest absolute Gasteiger partial charge is 0.493 e. The van der Waals surface area contributed by atoms with Crippen LogP contribution in [-0.4, -0.2) is 17.9 Å². The molecular formula is C31H24ClNO6. The Kier molecular flexibility index (Phi) is 6.37. The Morgan fingerprint density at radius 2 is 1.79 bits per heavy atom. The van der Waals surface area contributed by atoms with Crippen LogP contribution in [-0.2, 0) is 13.2 Å². The van der Waals surface area contributed by atoms with Crippen LogP contribution in [0.4, 0.5) is 0 Å². The van der Waals surface area contributed by atoms with E-state index in [4.69, 9.17) is 29.9 Å². The van der Waals surface area contributed by atoms with Crippen molar-refractivity contribution in [3.63, 3.8) is 0 Å². The van der Waals surface area contributed by atoms with E-state index in [2.05, 4.69) is 0 Å². The topological polar surface area (TPSA) is 82.1 Å². The number of carbonyl (C=O) groups is 1. The summed E-state index contributed by atoms with van der Waals surface area (Å²) in [7, 11) is 1.55. The normalized spacial score (nSPS) is 14.6. The van der Waals surface area contributed by atoms with Gasteiger partial charge in [0.15, 0.2) is 16.9 Å². The first kappa shape index (κ1) is 24.8.